The Kier molecular flexibility index (Phi) is 10.6. The molecule has 5 nitrogen and oxygen atoms in total. The molecule has 0 radical (unpaired) electrons. The molecule has 1 unspecified atom stereocenters. The summed E-state index contributed by atoms with van der Waals surface area (Å²) in [6.45, 7) is 10.6. The van der Waals surface area contributed by atoms with E-state index < -0.39 is 0 Å². The second-order valence-corrected chi connectivity index (χ2v) is 7.62. The Balaban J connectivity index is 0.00000364. The van der Waals surface area contributed by atoms with Crippen LogP contribution < -0.4 is 10.6 Å². The van der Waals surface area contributed by atoms with Crippen molar-refractivity contribution in [2.75, 3.05) is 46.9 Å². The maximum atomic E-state index is 5.56. The van der Waals surface area contributed by atoms with E-state index in [-0.39, 0.29) is 29.5 Å². The number of halogens is 1. The second-order valence-electron chi connectivity index (χ2n) is 7.62. The molecule has 1 aromatic carbocycles. The van der Waals surface area contributed by atoms with Crippen LogP contribution in [0, 0.1) is 6.92 Å². The summed E-state index contributed by atoms with van der Waals surface area (Å²) in [5, 5.41) is 6.90. The van der Waals surface area contributed by atoms with Crippen LogP contribution >= 0.6 is 24.0 Å². The van der Waals surface area contributed by atoms with Gasteiger partial charge in [-0.25, -0.2) is 0 Å². The lowest BCUT2D eigenvalue weighted by atomic mass is 9.89. The Morgan fingerprint density at radius 1 is 1.19 bits per heavy atom. The van der Waals surface area contributed by atoms with E-state index in [1.807, 2.05) is 0 Å². The van der Waals surface area contributed by atoms with Gasteiger partial charge in [0.05, 0.1) is 6.54 Å². The molecule has 1 aliphatic heterocycles. The third kappa shape index (κ3) is 7.23. The zero-order chi connectivity index (χ0) is 19.0. The highest BCUT2D eigenvalue weighted by Crippen LogP contribution is 2.26. The summed E-state index contributed by atoms with van der Waals surface area (Å²) in [7, 11) is 4.31. The van der Waals surface area contributed by atoms with Crippen molar-refractivity contribution >= 4 is 29.9 Å². The van der Waals surface area contributed by atoms with E-state index in [9.17, 15) is 0 Å². The predicted molar refractivity (Wildman–Crippen MR) is 125 cm³/mol. The summed E-state index contributed by atoms with van der Waals surface area (Å²) >= 11 is 0. The van der Waals surface area contributed by atoms with E-state index in [2.05, 4.69) is 74.7 Å². The standard InChI is InChI=1S/C21H36N4O.HI/c1-6-22-20(23-15-18(3)19-9-7-17(2)8-10-19)24-16-21(25(4)5)11-13-26-14-12-21;/h7-10,18H,6,11-16H2,1-5H3,(H2,22,23,24);1H. The Bertz CT molecular complexity index is 568. The molecule has 0 amide bonds. The van der Waals surface area contributed by atoms with Crippen molar-refractivity contribution in [3.05, 3.63) is 35.4 Å². The SMILES string of the molecule is CCNC(=NCC1(N(C)C)CCOCC1)NCC(C)c1ccc(C)cc1.I. The first-order valence-electron chi connectivity index (χ1n) is 9.81. The molecule has 154 valence electrons. The molecule has 0 spiro atoms. The number of rotatable bonds is 7. The fourth-order valence-corrected chi connectivity index (χ4v) is 3.33. The van der Waals surface area contributed by atoms with Crippen LogP contribution in [0.4, 0.5) is 0 Å². The van der Waals surface area contributed by atoms with Gasteiger partial charge in [0, 0.05) is 31.8 Å². The molecule has 1 saturated heterocycles. The van der Waals surface area contributed by atoms with Crippen LogP contribution in [-0.2, 0) is 4.74 Å². The summed E-state index contributed by atoms with van der Waals surface area (Å²) in [5.41, 5.74) is 2.76. The van der Waals surface area contributed by atoms with Crippen molar-refractivity contribution in [1.82, 2.24) is 15.5 Å². The minimum absolute atomic E-state index is 0. The van der Waals surface area contributed by atoms with Gasteiger partial charge in [-0.15, -0.1) is 24.0 Å². The highest BCUT2D eigenvalue weighted by molar-refractivity contribution is 14.0. The molecular formula is C21H37IN4O. The average molecular weight is 488 g/mol. The number of guanidine groups is 1. The number of benzene rings is 1. The van der Waals surface area contributed by atoms with Crippen molar-refractivity contribution in [3.63, 3.8) is 0 Å². The van der Waals surface area contributed by atoms with Gasteiger partial charge in [-0.3, -0.25) is 4.99 Å². The normalized spacial score (nSPS) is 17.9. The maximum Gasteiger partial charge on any atom is 0.191 e. The third-order valence-electron chi connectivity index (χ3n) is 5.47. The second kappa shape index (κ2) is 11.9. The van der Waals surface area contributed by atoms with Crippen molar-refractivity contribution < 1.29 is 4.74 Å². The lowest BCUT2D eigenvalue weighted by molar-refractivity contribution is -0.00254. The van der Waals surface area contributed by atoms with Gasteiger partial charge in [0.25, 0.3) is 0 Å². The van der Waals surface area contributed by atoms with E-state index >= 15 is 0 Å². The molecule has 0 saturated carbocycles. The third-order valence-corrected chi connectivity index (χ3v) is 5.47. The van der Waals surface area contributed by atoms with E-state index in [0.29, 0.717) is 5.92 Å². The first-order valence-corrected chi connectivity index (χ1v) is 9.81. The van der Waals surface area contributed by atoms with Crippen LogP contribution in [-0.4, -0.2) is 63.3 Å². The highest BCUT2D eigenvalue weighted by atomic mass is 127. The molecule has 1 heterocycles. The van der Waals surface area contributed by atoms with E-state index in [4.69, 9.17) is 9.73 Å². The molecule has 0 bridgehead atoms. The van der Waals surface area contributed by atoms with Crippen molar-refractivity contribution in [1.29, 1.82) is 0 Å². The Morgan fingerprint density at radius 3 is 2.37 bits per heavy atom. The molecule has 2 N–H and O–H groups in total. The number of hydrogen-bond donors (Lipinski definition) is 2. The van der Waals surface area contributed by atoms with Crippen molar-refractivity contribution in [2.24, 2.45) is 4.99 Å². The average Bonchev–Trinajstić information content (AvgIpc) is 2.65. The van der Waals surface area contributed by atoms with Crippen LogP contribution in [0.3, 0.4) is 0 Å². The predicted octanol–water partition coefficient (Wildman–Crippen LogP) is 3.38. The van der Waals surface area contributed by atoms with E-state index in [1.165, 1.54) is 11.1 Å². The molecule has 27 heavy (non-hydrogen) atoms. The van der Waals surface area contributed by atoms with Gasteiger partial charge in [-0.1, -0.05) is 36.8 Å². The number of nitrogens with zero attached hydrogens (tertiary/aromatic N) is 2. The summed E-state index contributed by atoms with van der Waals surface area (Å²) in [5.74, 6) is 1.34. The van der Waals surface area contributed by atoms with Gasteiger partial charge >= 0.3 is 0 Å². The number of nitrogens with one attached hydrogen (secondary N) is 2. The van der Waals surface area contributed by atoms with Gasteiger partial charge in [0.1, 0.15) is 0 Å². The summed E-state index contributed by atoms with van der Waals surface area (Å²) in [4.78, 5) is 7.22. The van der Waals surface area contributed by atoms with Crippen LogP contribution in [0.25, 0.3) is 0 Å². The highest BCUT2D eigenvalue weighted by Gasteiger charge is 2.34. The zero-order valence-electron chi connectivity index (χ0n) is 17.5. The summed E-state index contributed by atoms with van der Waals surface area (Å²) in [6, 6.07) is 8.79. The van der Waals surface area contributed by atoms with Gasteiger partial charge in [0.15, 0.2) is 5.96 Å². The van der Waals surface area contributed by atoms with E-state index in [1.54, 1.807) is 0 Å². The van der Waals surface area contributed by atoms with Crippen LogP contribution in [0.5, 0.6) is 0 Å². The number of hydrogen-bond acceptors (Lipinski definition) is 3. The van der Waals surface area contributed by atoms with Gasteiger partial charge < -0.3 is 20.3 Å². The molecule has 1 atom stereocenters. The molecule has 1 aliphatic rings. The number of aryl methyl sites for hydroxylation is 1. The van der Waals surface area contributed by atoms with Crippen LogP contribution in [0.2, 0.25) is 0 Å². The minimum Gasteiger partial charge on any atom is -0.381 e. The number of ether oxygens (including phenoxy) is 1. The van der Waals surface area contributed by atoms with E-state index in [0.717, 1.165) is 51.6 Å². The molecular weight excluding hydrogens is 451 g/mol. The topological polar surface area (TPSA) is 48.9 Å². The lowest BCUT2D eigenvalue weighted by Gasteiger charge is -2.41. The monoisotopic (exact) mass is 488 g/mol. The largest absolute Gasteiger partial charge is 0.381 e. The minimum atomic E-state index is 0. The first kappa shape index (κ1) is 24.2. The van der Waals surface area contributed by atoms with Crippen molar-refractivity contribution in [2.45, 2.75) is 45.1 Å². The fourth-order valence-electron chi connectivity index (χ4n) is 3.33. The Hall–Kier alpha value is -0.860. The lowest BCUT2D eigenvalue weighted by Crippen LogP contribution is -2.51. The Morgan fingerprint density at radius 2 is 1.81 bits per heavy atom. The molecule has 6 heteroatoms. The maximum absolute atomic E-state index is 5.56. The molecule has 1 aromatic rings. The molecule has 2 rings (SSSR count). The zero-order valence-corrected chi connectivity index (χ0v) is 19.9. The van der Waals surface area contributed by atoms with Crippen LogP contribution in [0.1, 0.15) is 43.7 Å². The van der Waals surface area contributed by atoms with Gasteiger partial charge in [-0.05, 0) is 52.3 Å². The van der Waals surface area contributed by atoms with Crippen molar-refractivity contribution in [3.8, 4) is 0 Å². The smallest absolute Gasteiger partial charge is 0.191 e. The molecule has 0 aromatic heterocycles. The fraction of sp³-hybridized carbons (Fsp3) is 0.667. The molecule has 0 aliphatic carbocycles. The number of aliphatic imine (C=N–C) groups is 1. The number of likely N-dealkylation sites (N-methyl/N-ethyl adjacent to an activating group) is 1. The van der Waals surface area contributed by atoms with Gasteiger partial charge in [-0.2, -0.15) is 0 Å². The summed E-state index contributed by atoms with van der Waals surface area (Å²) in [6.07, 6.45) is 2.06. The van der Waals surface area contributed by atoms with Crippen LogP contribution in [0.15, 0.2) is 29.3 Å². The first-order chi connectivity index (χ1) is 12.5. The quantitative estimate of drug-likeness (QED) is 0.351. The Labute approximate surface area is 182 Å². The summed E-state index contributed by atoms with van der Waals surface area (Å²) < 4.78 is 5.56. The molecule has 1 fully saturated rings. The van der Waals surface area contributed by atoms with Gasteiger partial charge in [0.2, 0.25) is 0 Å².